The number of hydrogen-bond acceptors (Lipinski definition) is 6. The Morgan fingerprint density at radius 1 is 1.17 bits per heavy atom. The number of hydrogen-bond donors (Lipinski definition) is 3. The molecule has 0 bridgehead atoms. The molecule has 4 rings (SSSR count). The van der Waals surface area contributed by atoms with Gasteiger partial charge in [-0.25, -0.2) is 0 Å². The van der Waals surface area contributed by atoms with E-state index in [9.17, 15) is 9.90 Å². The monoisotopic (exact) mass is 408 g/mol. The highest BCUT2D eigenvalue weighted by Gasteiger charge is 2.43. The van der Waals surface area contributed by atoms with Gasteiger partial charge in [0, 0.05) is 18.4 Å². The molecule has 7 heteroatoms. The van der Waals surface area contributed by atoms with Gasteiger partial charge in [-0.3, -0.25) is 10.1 Å². The second-order valence-electron chi connectivity index (χ2n) is 7.92. The molecule has 0 saturated carbocycles. The minimum atomic E-state index is -0.547. The summed E-state index contributed by atoms with van der Waals surface area (Å²) in [6.07, 6.45) is 1.39. The van der Waals surface area contributed by atoms with Gasteiger partial charge in [-0.05, 0) is 49.5 Å². The number of nitrogens with zero attached hydrogens (tertiary/aromatic N) is 2. The smallest absolute Gasteiger partial charge is 0.232 e. The Labute approximate surface area is 176 Å². The van der Waals surface area contributed by atoms with Gasteiger partial charge in [0.15, 0.2) is 0 Å². The van der Waals surface area contributed by atoms with Gasteiger partial charge >= 0.3 is 0 Å². The summed E-state index contributed by atoms with van der Waals surface area (Å²) in [6, 6.07) is 17.8. The van der Waals surface area contributed by atoms with Crippen molar-refractivity contribution in [3.63, 3.8) is 0 Å². The zero-order valence-corrected chi connectivity index (χ0v) is 17.3. The van der Waals surface area contributed by atoms with E-state index in [0.717, 1.165) is 16.8 Å². The molecule has 1 saturated heterocycles. The molecule has 2 aromatic carbocycles. The van der Waals surface area contributed by atoms with E-state index in [1.807, 2.05) is 73.6 Å². The van der Waals surface area contributed by atoms with E-state index in [1.165, 1.54) is 0 Å². The minimum Gasteiger partial charge on any atom is -0.491 e. The second kappa shape index (κ2) is 8.87. The van der Waals surface area contributed by atoms with Crippen LogP contribution in [0.15, 0.2) is 60.8 Å². The number of carbonyl (C=O) groups is 1. The third kappa shape index (κ3) is 4.33. The van der Waals surface area contributed by atoms with Gasteiger partial charge in [0.25, 0.3) is 0 Å². The van der Waals surface area contributed by atoms with Crippen molar-refractivity contribution in [2.24, 2.45) is 5.92 Å². The van der Waals surface area contributed by atoms with E-state index >= 15 is 0 Å². The average Bonchev–Trinajstić information content (AvgIpc) is 3.14. The molecule has 30 heavy (non-hydrogen) atoms. The molecule has 2 aliphatic rings. The molecule has 1 fully saturated rings. The zero-order valence-electron chi connectivity index (χ0n) is 17.3. The summed E-state index contributed by atoms with van der Waals surface area (Å²) in [4.78, 5) is 16.7. The number of para-hydroxylation sites is 1. The fourth-order valence-corrected chi connectivity index (χ4v) is 3.99. The summed E-state index contributed by atoms with van der Waals surface area (Å²) < 4.78 is 5.71. The van der Waals surface area contributed by atoms with Crippen molar-refractivity contribution >= 4 is 17.2 Å². The summed E-state index contributed by atoms with van der Waals surface area (Å²) in [5.41, 5.74) is 2.98. The number of nitrogens with one attached hydrogen (secondary N) is 2. The van der Waals surface area contributed by atoms with Crippen molar-refractivity contribution in [1.29, 1.82) is 0 Å². The summed E-state index contributed by atoms with van der Waals surface area (Å²) in [6.45, 7) is 1.23. The first-order valence-corrected chi connectivity index (χ1v) is 10.1. The third-order valence-corrected chi connectivity index (χ3v) is 5.35. The Bertz CT molecular complexity index is 898. The SMILES string of the molecule is CN(C)CC(O)COc1ccc(C2=CN(c3ccccc3)C3NCNC(=O)C23)cc1. The van der Waals surface area contributed by atoms with Gasteiger partial charge in [0.2, 0.25) is 5.91 Å². The van der Waals surface area contributed by atoms with Crippen LogP contribution in [-0.2, 0) is 4.79 Å². The van der Waals surface area contributed by atoms with Crippen LogP contribution in [0.1, 0.15) is 5.56 Å². The molecule has 3 atom stereocenters. The van der Waals surface area contributed by atoms with Crippen LogP contribution in [0.25, 0.3) is 5.57 Å². The van der Waals surface area contributed by atoms with Crippen molar-refractivity contribution in [3.05, 3.63) is 66.4 Å². The number of rotatable bonds is 7. The van der Waals surface area contributed by atoms with Crippen molar-refractivity contribution in [3.8, 4) is 5.75 Å². The van der Waals surface area contributed by atoms with E-state index in [2.05, 4.69) is 21.7 Å². The number of carbonyl (C=O) groups excluding carboxylic acids is 1. The molecule has 0 aliphatic carbocycles. The van der Waals surface area contributed by atoms with Crippen LogP contribution in [0.4, 0.5) is 5.69 Å². The van der Waals surface area contributed by atoms with Crippen LogP contribution < -0.4 is 20.3 Å². The number of amides is 1. The van der Waals surface area contributed by atoms with Crippen LogP contribution in [0.2, 0.25) is 0 Å². The molecule has 2 aromatic rings. The van der Waals surface area contributed by atoms with Gasteiger partial charge in [-0.2, -0.15) is 0 Å². The highest BCUT2D eigenvalue weighted by atomic mass is 16.5. The van der Waals surface area contributed by atoms with Gasteiger partial charge in [-0.1, -0.05) is 30.3 Å². The lowest BCUT2D eigenvalue weighted by Crippen LogP contribution is -2.58. The Morgan fingerprint density at radius 3 is 2.60 bits per heavy atom. The zero-order chi connectivity index (χ0) is 21.1. The van der Waals surface area contributed by atoms with Crippen LogP contribution in [0.5, 0.6) is 5.75 Å². The lowest BCUT2D eigenvalue weighted by Gasteiger charge is -2.34. The van der Waals surface area contributed by atoms with Gasteiger partial charge < -0.3 is 25.0 Å². The lowest BCUT2D eigenvalue weighted by atomic mass is 9.91. The quantitative estimate of drug-likeness (QED) is 0.644. The van der Waals surface area contributed by atoms with Crippen LogP contribution in [-0.4, -0.2) is 62.1 Å². The molecule has 1 amide bonds. The van der Waals surface area contributed by atoms with E-state index in [1.54, 1.807) is 0 Å². The molecule has 3 unspecified atom stereocenters. The summed E-state index contributed by atoms with van der Waals surface area (Å²) in [5.74, 6) is 0.418. The van der Waals surface area contributed by atoms with Gasteiger partial charge in [0.1, 0.15) is 24.6 Å². The van der Waals surface area contributed by atoms with Crippen LogP contribution in [0.3, 0.4) is 0 Å². The molecule has 0 radical (unpaired) electrons. The molecule has 7 nitrogen and oxygen atoms in total. The summed E-state index contributed by atoms with van der Waals surface area (Å²) >= 11 is 0. The average molecular weight is 409 g/mol. The second-order valence-corrected chi connectivity index (χ2v) is 7.92. The highest BCUT2D eigenvalue weighted by molar-refractivity contribution is 5.96. The van der Waals surface area contributed by atoms with Crippen molar-refractivity contribution < 1.29 is 14.6 Å². The van der Waals surface area contributed by atoms with Crippen molar-refractivity contribution in [2.45, 2.75) is 12.3 Å². The molecule has 158 valence electrons. The van der Waals surface area contributed by atoms with Crippen LogP contribution >= 0.6 is 0 Å². The standard InChI is InChI=1S/C23H28N4O3/c1-26(2)12-18(28)14-30-19-10-8-16(9-11-19)20-13-27(17-6-4-3-5-7-17)22-21(20)23(29)25-15-24-22/h3-11,13,18,21-22,24,28H,12,14-15H2,1-2H3,(H,25,29). The molecular weight excluding hydrogens is 380 g/mol. The number of benzene rings is 2. The molecule has 0 aromatic heterocycles. The van der Waals surface area contributed by atoms with Gasteiger partial charge in [0.05, 0.1) is 12.6 Å². The maximum atomic E-state index is 12.7. The Balaban J connectivity index is 1.53. The van der Waals surface area contributed by atoms with E-state index < -0.39 is 6.10 Å². The lowest BCUT2D eigenvalue weighted by molar-refractivity contribution is -0.125. The van der Waals surface area contributed by atoms with Crippen molar-refractivity contribution in [2.75, 3.05) is 38.8 Å². The normalized spacial score (nSPS) is 21.8. The fraction of sp³-hybridized carbons (Fsp3) is 0.348. The Hall–Kier alpha value is -2.87. The van der Waals surface area contributed by atoms with Crippen LogP contribution in [0, 0.1) is 5.92 Å². The minimum absolute atomic E-state index is 0.0237. The van der Waals surface area contributed by atoms with Crippen molar-refractivity contribution in [1.82, 2.24) is 15.5 Å². The number of likely N-dealkylation sites (N-methyl/N-ethyl adjacent to an activating group) is 1. The maximum Gasteiger partial charge on any atom is 0.232 e. The number of ether oxygens (including phenoxy) is 1. The fourth-order valence-electron chi connectivity index (χ4n) is 3.99. The number of aliphatic hydroxyl groups excluding tert-OH is 1. The predicted molar refractivity (Wildman–Crippen MR) is 117 cm³/mol. The predicted octanol–water partition coefficient (Wildman–Crippen LogP) is 1.47. The summed E-state index contributed by atoms with van der Waals surface area (Å²) in [5, 5.41) is 16.3. The molecular formula is C23H28N4O3. The van der Waals surface area contributed by atoms with E-state index in [-0.39, 0.29) is 24.6 Å². The highest BCUT2D eigenvalue weighted by Crippen LogP contribution is 2.38. The Kier molecular flexibility index (Phi) is 6.03. The number of aliphatic hydroxyl groups is 1. The molecule has 3 N–H and O–H groups in total. The maximum absolute atomic E-state index is 12.7. The third-order valence-electron chi connectivity index (χ3n) is 5.35. The first-order valence-electron chi connectivity index (χ1n) is 10.1. The Morgan fingerprint density at radius 2 is 1.90 bits per heavy atom. The first-order chi connectivity index (χ1) is 14.5. The van der Waals surface area contributed by atoms with E-state index in [4.69, 9.17) is 4.74 Å². The number of fused-ring (bicyclic) bond motifs is 1. The number of anilines is 1. The molecule has 0 spiro atoms. The first kappa shape index (κ1) is 20.4. The molecule has 2 aliphatic heterocycles. The van der Waals surface area contributed by atoms with E-state index in [0.29, 0.717) is 19.0 Å². The van der Waals surface area contributed by atoms with Gasteiger partial charge in [-0.15, -0.1) is 0 Å². The molecule has 2 heterocycles. The topological polar surface area (TPSA) is 77.1 Å². The largest absolute Gasteiger partial charge is 0.491 e. The summed E-state index contributed by atoms with van der Waals surface area (Å²) in [7, 11) is 3.82.